The number of hydrogen-bond acceptors (Lipinski definition) is 3. The van der Waals surface area contributed by atoms with E-state index < -0.39 is 0 Å². The molecular weight excluding hydrogens is 212 g/mol. The van der Waals surface area contributed by atoms with Gasteiger partial charge in [0.25, 0.3) is 0 Å². The van der Waals surface area contributed by atoms with Crippen LogP contribution in [0.1, 0.15) is 5.56 Å². The molecule has 0 atom stereocenters. The second-order valence-electron chi connectivity index (χ2n) is 3.78. The topological polar surface area (TPSA) is 47.3 Å². The molecule has 0 saturated carbocycles. The number of methoxy groups -OCH3 is 1. The van der Waals surface area contributed by atoms with Crippen molar-refractivity contribution in [2.24, 2.45) is 0 Å². The molecule has 88 valence electrons. The van der Waals surface area contributed by atoms with E-state index >= 15 is 0 Å². The van der Waals surface area contributed by atoms with Gasteiger partial charge in [0.1, 0.15) is 5.75 Å². The van der Waals surface area contributed by atoms with Gasteiger partial charge in [-0.05, 0) is 23.8 Å². The van der Waals surface area contributed by atoms with Crippen molar-refractivity contribution >= 4 is 11.4 Å². The Morgan fingerprint density at radius 3 is 2.71 bits per heavy atom. The van der Waals surface area contributed by atoms with E-state index in [1.807, 2.05) is 48.5 Å². The summed E-state index contributed by atoms with van der Waals surface area (Å²) in [6.45, 7) is 0.708. The molecule has 17 heavy (non-hydrogen) atoms. The summed E-state index contributed by atoms with van der Waals surface area (Å²) in [5, 5.41) is 3.32. The standard InChI is InChI=1S/C14H16N2O/c1-17-13-7-4-6-12(9-13)16-10-11-5-2-3-8-14(11)15/h2-9,16H,10,15H2,1H3. The molecule has 0 heterocycles. The van der Waals surface area contributed by atoms with Crippen molar-refractivity contribution in [3.05, 3.63) is 54.1 Å². The number of anilines is 2. The third kappa shape index (κ3) is 2.91. The normalized spacial score (nSPS) is 9.94. The fraction of sp³-hybridized carbons (Fsp3) is 0.143. The third-order valence-electron chi connectivity index (χ3n) is 2.61. The minimum atomic E-state index is 0.708. The largest absolute Gasteiger partial charge is 0.497 e. The van der Waals surface area contributed by atoms with Crippen LogP contribution in [0.3, 0.4) is 0 Å². The Balaban J connectivity index is 2.05. The van der Waals surface area contributed by atoms with Crippen LogP contribution in [-0.2, 0) is 6.54 Å². The maximum absolute atomic E-state index is 5.88. The minimum Gasteiger partial charge on any atom is -0.497 e. The molecule has 0 amide bonds. The van der Waals surface area contributed by atoms with Gasteiger partial charge in [0.2, 0.25) is 0 Å². The monoisotopic (exact) mass is 228 g/mol. The summed E-state index contributed by atoms with van der Waals surface area (Å²) in [7, 11) is 1.66. The van der Waals surface area contributed by atoms with E-state index in [0.29, 0.717) is 6.54 Å². The van der Waals surface area contributed by atoms with Gasteiger partial charge in [-0.2, -0.15) is 0 Å². The molecule has 3 heteroatoms. The van der Waals surface area contributed by atoms with Gasteiger partial charge in [-0.1, -0.05) is 24.3 Å². The molecule has 3 N–H and O–H groups in total. The first kappa shape index (κ1) is 11.3. The second-order valence-corrected chi connectivity index (χ2v) is 3.78. The molecule has 0 fully saturated rings. The number of nitrogen functional groups attached to an aromatic ring is 1. The number of hydrogen-bond donors (Lipinski definition) is 2. The number of nitrogens with one attached hydrogen (secondary N) is 1. The van der Waals surface area contributed by atoms with Crippen LogP contribution >= 0.6 is 0 Å². The van der Waals surface area contributed by atoms with Crippen molar-refractivity contribution in [2.75, 3.05) is 18.2 Å². The quantitative estimate of drug-likeness (QED) is 0.791. The van der Waals surface area contributed by atoms with Gasteiger partial charge >= 0.3 is 0 Å². The summed E-state index contributed by atoms with van der Waals surface area (Å²) in [6, 6.07) is 15.7. The summed E-state index contributed by atoms with van der Waals surface area (Å²) >= 11 is 0. The van der Waals surface area contributed by atoms with Crippen LogP contribution in [0.2, 0.25) is 0 Å². The van der Waals surface area contributed by atoms with Gasteiger partial charge in [0, 0.05) is 24.0 Å². The van der Waals surface area contributed by atoms with Crippen molar-refractivity contribution in [1.29, 1.82) is 0 Å². The molecule has 0 unspecified atom stereocenters. The van der Waals surface area contributed by atoms with Crippen LogP contribution in [0, 0.1) is 0 Å². The highest BCUT2D eigenvalue weighted by atomic mass is 16.5. The molecule has 0 radical (unpaired) electrons. The molecule has 0 aliphatic heterocycles. The Morgan fingerprint density at radius 2 is 1.94 bits per heavy atom. The summed E-state index contributed by atoms with van der Waals surface area (Å²) in [5.74, 6) is 0.844. The zero-order valence-electron chi connectivity index (χ0n) is 9.81. The van der Waals surface area contributed by atoms with Crippen LogP contribution < -0.4 is 15.8 Å². The van der Waals surface area contributed by atoms with Crippen LogP contribution in [0.15, 0.2) is 48.5 Å². The SMILES string of the molecule is COc1cccc(NCc2ccccc2N)c1. The van der Waals surface area contributed by atoms with Crippen molar-refractivity contribution in [3.63, 3.8) is 0 Å². The van der Waals surface area contributed by atoms with Gasteiger partial charge in [-0.15, -0.1) is 0 Å². The second kappa shape index (κ2) is 5.25. The fourth-order valence-electron chi connectivity index (χ4n) is 1.63. The molecule has 0 spiro atoms. The Bertz CT molecular complexity index is 497. The van der Waals surface area contributed by atoms with Crippen molar-refractivity contribution in [1.82, 2.24) is 0 Å². The summed E-state index contributed by atoms with van der Waals surface area (Å²) in [4.78, 5) is 0. The Hall–Kier alpha value is -2.16. The van der Waals surface area contributed by atoms with E-state index in [2.05, 4.69) is 5.32 Å². The van der Waals surface area contributed by atoms with Gasteiger partial charge < -0.3 is 15.8 Å². The lowest BCUT2D eigenvalue weighted by Crippen LogP contribution is -2.02. The van der Waals surface area contributed by atoms with Gasteiger partial charge in [0.15, 0.2) is 0 Å². The lowest BCUT2D eigenvalue weighted by atomic mass is 10.2. The van der Waals surface area contributed by atoms with Gasteiger partial charge in [0.05, 0.1) is 7.11 Å². The van der Waals surface area contributed by atoms with E-state index in [4.69, 9.17) is 10.5 Å². The Labute approximate surface area is 101 Å². The van der Waals surface area contributed by atoms with Gasteiger partial charge in [-0.3, -0.25) is 0 Å². The summed E-state index contributed by atoms with van der Waals surface area (Å²) in [6.07, 6.45) is 0. The maximum Gasteiger partial charge on any atom is 0.120 e. The Morgan fingerprint density at radius 1 is 1.12 bits per heavy atom. The van der Waals surface area contributed by atoms with Gasteiger partial charge in [-0.25, -0.2) is 0 Å². The first-order chi connectivity index (χ1) is 8.29. The van der Waals surface area contributed by atoms with Crippen molar-refractivity contribution in [2.45, 2.75) is 6.54 Å². The maximum atomic E-state index is 5.88. The van der Waals surface area contributed by atoms with E-state index in [0.717, 1.165) is 22.7 Å². The molecule has 0 saturated heterocycles. The van der Waals surface area contributed by atoms with E-state index in [9.17, 15) is 0 Å². The lowest BCUT2D eigenvalue weighted by molar-refractivity contribution is 0.415. The number of para-hydroxylation sites is 1. The number of nitrogens with two attached hydrogens (primary N) is 1. The smallest absolute Gasteiger partial charge is 0.120 e. The molecule has 2 rings (SSSR count). The highest BCUT2D eigenvalue weighted by molar-refractivity contribution is 5.52. The highest BCUT2D eigenvalue weighted by Crippen LogP contribution is 2.18. The molecular formula is C14H16N2O. The number of ether oxygens (including phenoxy) is 1. The molecule has 2 aromatic rings. The molecule has 0 aliphatic carbocycles. The molecule has 3 nitrogen and oxygen atoms in total. The number of benzene rings is 2. The zero-order chi connectivity index (χ0) is 12.1. The van der Waals surface area contributed by atoms with Crippen LogP contribution in [0.25, 0.3) is 0 Å². The molecule has 0 bridgehead atoms. The highest BCUT2D eigenvalue weighted by Gasteiger charge is 1.98. The molecule has 0 aliphatic rings. The van der Waals surface area contributed by atoms with Crippen molar-refractivity contribution in [3.8, 4) is 5.75 Å². The Kier molecular flexibility index (Phi) is 3.50. The zero-order valence-corrected chi connectivity index (χ0v) is 9.81. The first-order valence-corrected chi connectivity index (χ1v) is 5.51. The number of rotatable bonds is 4. The van der Waals surface area contributed by atoms with Crippen LogP contribution in [0.4, 0.5) is 11.4 Å². The molecule has 0 aromatic heterocycles. The lowest BCUT2D eigenvalue weighted by Gasteiger charge is -2.09. The average molecular weight is 228 g/mol. The third-order valence-corrected chi connectivity index (χ3v) is 2.61. The predicted octanol–water partition coefficient (Wildman–Crippen LogP) is 2.89. The minimum absolute atomic E-state index is 0.708. The summed E-state index contributed by atoms with van der Waals surface area (Å²) < 4.78 is 5.17. The fourth-order valence-corrected chi connectivity index (χ4v) is 1.63. The van der Waals surface area contributed by atoms with Crippen molar-refractivity contribution < 1.29 is 4.74 Å². The van der Waals surface area contributed by atoms with Crippen LogP contribution in [-0.4, -0.2) is 7.11 Å². The first-order valence-electron chi connectivity index (χ1n) is 5.51. The van der Waals surface area contributed by atoms with Crippen LogP contribution in [0.5, 0.6) is 5.75 Å². The average Bonchev–Trinajstić information content (AvgIpc) is 2.38. The molecule has 2 aromatic carbocycles. The van der Waals surface area contributed by atoms with E-state index in [1.54, 1.807) is 7.11 Å². The summed E-state index contributed by atoms with van der Waals surface area (Å²) in [5.41, 5.74) is 8.80. The van der Waals surface area contributed by atoms with E-state index in [-0.39, 0.29) is 0 Å². The predicted molar refractivity (Wildman–Crippen MR) is 71.2 cm³/mol. The van der Waals surface area contributed by atoms with E-state index in [1.165, 1.54) is 0 Å².